The number of likely N-dealkylation sites (N-methyl/N-ethyl adjacent to an activating group) is 1. The van der Waals surface area contributed by atoms with Gasteiger partial charge in [-0.15, -0.1) is 0 Å². The first-order valence-corrected chi connectivity index (χ1v) is 19.0. The molecule has 1 amide bonds. The number of ether oxygens (including phenoxy) is 1. The quantitative estimate of drug-likeness (QED) is 0.176. The lowest BCUT2D eigenvalue weighted by atomic mass is 9.32. The van der Waals surface area contributed by atoms with Crippen LogP contribution in [0.2, 0.25) is 0 Å². The lowest BCUT2D eigenvalue weighted by molar-refractivity contribution is -0.910. The summed E-state index contributed by atoms with van der Waals surface area (Å²) in [6.07, 6.45) is 14.1. The van der Waals surface area contributed by atoms with Crippen molar-refractivity contribution in [2.75, 3.05) is 33.2 Å². The van der Waals surface area contributed by atoms with E-state index in [9.17, 15) is 4.79 Å². The summed E-state index contributed by atoms with van der Waals surface area (Å²) in [4.78, 5) is 29.7. The SMILES string of the molecule is C=C(C)[C@@H]1CC[C@]2(C(=O)N3CC[N+]4(C)CCC3CC4)CC[C@]3(C)[C@H](CC[C@@H]4[C@@]5(C)CC[C@H](OC(C)=O)C(C)(C)[C@@H]5CC[C@]43C)[C@@H]12.[I-]. The number of piperidine rings is 1. The van der Waals surface area contributed by atoms with E-state index in [0.29, 0.717) is 41.5 Å². The number of carbonyl (C=O) groups is 2. The molecule has 6 heteroatoms. The van der Waals surface area contributed by atoms with Crippen molar-refractivity contribution in [1.82, 2.24) is 4.90 Å². The molecule has 3 heterocycles. The molecular weight excluding hydrogens is 683 g/mol. The maximum Gasteiger partial charge on any atom is 0.302 e. The molecule has 0 radical (unpaired) electrons. The number of quaternary nitrogens is 1. The Morgan fingerprint density at radius 1 is 0.783 bits per heavy atom. The predicted octanol–water partition coefficient (Wildman–Crippen LogP) is 5.03. The minimum absolute atomic E-state index is 0. The van der Waals surface area contributed by atoms with E-state index >= 15 is 4.79 Å². The van der Waals surface area contributed by atoms with Crippen molar-refractivity contribution < 1.29 is 42.8 Å². The van der Waals surface area contributed by atoms with Gasteiger partial charge >= 0.3 is 5.97 Å². The van der Waals surface area contributed by atoms with Crippen LogP contribution in [0.5, 0.6) is 0 Å². The summed E-state index contributed by atoms with van der Waals surface area (Å²) in [7, 11) is 2.42. The van der Waals surface area contributed by atoms with E-state index in [4.69, 9.17) is 4.74 Å². The Balaban J connectivity index is 0.00000372. The lowest BCUT2D eigenvalue weighted by Crippen LogP contribution is -3.00. The van der Waals surface area contributed by atoms with Crippen LogP contribution in [0, 0.1) is 56.7 Å². The van der Waals surface area contributed by atoms with Gasteiger partial charge in [-0.1, -0.05) is 46.8 Å². The largest absolute Gasteiger partial charge is 1.00 e. The van der Waals surface area contributed by atoms with Gasteiger partial charge < -0.3 is 38.1 Å². The molecule has 3 saturated heterocycles. The van der Waals surface area contributed by atoms with Crippen LogP contribution in [0.1, 0.15) is 126 Å². The minimum Gasteiger partial charge on any atom is -1.00 e. The van der Waals surface area contributed by atoms with Crippen LogP contribution in [0.4, 0.5) is 0 Å². The minimum atomic E-state index is -0.196. The van der Waals surface area contributed by atoms with Gasteiger partial charge in [0.15, 0.2) is 0 Å². The fraction of sp³-hybridized carbons (Fsp3) is 0.900. The van der Waals surface area contributed by atoms with E-state index in [1.165, 1.54) is 63.6 Å². The zero-order valence-electron chi connectivity index (χ0n) is 30.6. The van der Waals surface area contributed by atoms with E-state index in [-0.39, 0.29) is 63.1 Å². The average Bonchev–Trinajstić information content (AvgIpc) is 3.19. The lowest BCUT2D eigenvalue weighted by Gasteiger charge is -2.73. The van der Waals surface area contributed by atoms with Crippen LogP contribution in [-0.4, -0.2) is 66.6 Å². The third kappa shape index (κ3) is 4.72. The number of halogens is 1. The van der Waals surface area contributed by atoms with Crippen LogP contribution in [0.25, 0.3) is 0 Å². The standard InChI is InChI=1S/C40H65N2O3.HI/c1-26(2)29-12-19-40(35(44)41-22-25-42(9)23-15-28(41)16-24-42)21-20-38(7)30(34(29)40)10-11-32-37(6)17-14-33(45-27(3)43)36(4,5)31(37)13-18-39(32,38)8;/h28-34H,1,10-25H2,2-9H3;1H/q+1;/p-1/t28?,29-,30+,31-,32+,33-,34+,37-,38+,39+,40-,42?;/m0./s1. The number of hydrogen-bond acceptors (Lipinski definition) is 3. The van der Waals surface area contributed by atoms with Crippen molar-refractivity contribution in [3.05, 3.63) is 12.2 Å². The Morgan fingerprint density at radius 2 is 1.48 bits per heavy atom. The highest BCUT2D eigenvalue weighted by atomic mass is 127. The van der Waals surface area contributed by atoms with Gasteiger partial charge in [-0.2, -0.15) is 0 Å². The highest BCUT2D eigenvalue weighted by Gasteiger charge is 2.72. The summed E-state index contributed by atoms with van der Waals surface area (Å²) >= 11 is 0. The number of rotatable bonds is 3. The zero-order valence-corrected chi connectivity index (χ0v) is 32.7. The molecule has 5 saturated carbocycles. The molecule has 10 atom stereocenters. The molecule has 0 aromatic carbocycles. The molecule has 0 unspecified atom stereocenters. The molecule has 5 aliphatic carbocycles. The number of amides is 1. The summed E-state index contributed by atoms with van der Waals surface area (Å²) in [5, 5.41) is 0. The monoisotopic (exact) mass is 748 g/mol. The van der Waals surface area contributed by atoms with Gasteiger partial charge in [-0.05, 0) is 117 Å². The highest BCUT2D eigenvalue weighted by Crippen LogP contribution is 2.77. The van der Waals surface area contributed by atoms with Crippen molar-refractivity contribution in [2.24, 2.45) is 56.7 Å². The van der Waals surface area contributed by atoms with Gasteiger partial charge in [0, 0.05) is 31.2 Å². The average molecular weight is 749 g/mol. The Morgan fingerprint density at radius 3 is 2.13 bits per heavy atom. The Labute approximate surface area is 298 Å². The first-order chi connectivity index (χ1) is 21.0. The zero-order chi connectivity index (χ0) is 32.4. The van der Waals surface area contributed by atoms with Crippen LogP contribution >= 0.6 is 0 Å². The molecule has 5 nitrogen and oxygen atoms in total. The molecule has 260 valence electrons. The number of esters is 1. The molecule has 0 aromatic rings. The van der Waals surface area contributed by atoms with E-state index in [1.807, 2.05) is 0 Å². The first-order valence-electron chi connectivity index (χ1n) is 19.0. The number of fused-ring (bicyclic) bond motifs is 11. The van der Waals surface area contributed by atoms with Crippen LogP contribution in [-0.2, 0) is 14.3 Å². The fourth-order valence-electron chi connectivity index (χ4n) is 14.7. The molecular formula is C40H65IN2O3. The smallest absolute Gasteiger partial charge is 0.302 e. The van der Waals surface area contributed by atoms with Crippen LogP contribution < -0.4 is 24.0 Å². The van der Waals surface area contributed by atoms with Crippen molar-refractivity contribution >= 4 is 11.9 Å². The second kappa shape index (κ2) is 11.5. The summed E-state index contributed by atoms with van der Waals surface area (Å²) in [6, 6.07) is 0.451. The van der Waals surface area contributed by atoms with Crippen molar-refractivity contribution in [3.8, 4) is 0 Å². The van der Waals surface area contributed by atoms with Gasteiger partial charge in [0.2, 0.25) is 5.91 Å². The second-order valence-corrected chi connectivity index (χ2v) is 19.3. The Hall–Kier alpha value is -0.630. The normalized spacial score (nSPS) is 50.5. The van der Waals surface area contributed by atoms with Gasteiger partial charge in [0.25, 0.3) is 0 Å². The molecule has 46 heavy (non-hydrogen) atoms. The molecule has 0 spiro atoms. The molecule has 8 aliphatic rings. The maximum atomic E-state index is 15.2. The summed E-state index contributed by atoms with van der Waals surface area (Å²) < 4.78 is 7.14. The summed E-state index contributed by atoms with van der Waals surface area (Å²) in [6.45, 7) is 25.8. The fourth-order valence-corrected chi connectivity index (χ4v) is 14.7. The van der Waals surface area contributed by atoms with Gasteiger partial charge in [0.1, 0.15) is 6.10 Å². The third-order valence-electron chi connectivity index (χ3n) is 17.3. The highest BCUT2D eigenvalue weighted by molar-refractivity contribution is 5.84. The Bertz CT molecular complexity index is 1260. The number of carbonyl (C=O) groups excluding carboxylic acids is 2. The predicted molar refractivity (Wildman–Crippen MR) is 180 cm³/mol. The molecule has 2 bridgehead atoms. The number of hydrogen-bond donors (Lipinski definition) is 0. The third-order valence-corrected chi connectivity index (χ3v) is 17.3. The number of nitrogens with zero attached hydrogens (tertiary/aromatic N) is 2. The molecule has 0 N–H and O–H groups in total. The van der Waals surface area contributed by atoms with Gasteiger partial charge in [0.05, 0.1) is 38.6 Å². The first kappa shape index (κ1) is 35.2. The maximum absolute atomic E-state index is 15.2. The van der Waals surface area contributed by atoms with E-state index in [0.717, 1.165) is 49.7 Å². The molecule has 3 aliphatic heterocycles. The van der Waals surface area contributed by atoms with Crippen LogP contribution in [0.3, 0.4) is 0 Å². The van der Waals surface area contributed by atoms with Crippen molar-refractivity contribution in [2.45, 2.75) is 138 Å². The molecule has 8 rings (SSSR count). The van der Waals surface area contributed by atoms with Crippen molar-refractivity contribution in [1.29, 1.82) is 0 Å². The van der Waals surface area contributed by atoms with Crippen molar-refractivity contribution in [3.63, 3.8) is 0 Å². The van der Waals surface area contributed by atoms with E-state index in [2.05, 4.69) is 60.1 Å². The Kier molecular flexibility index (Phi) is 8.76. The van der Waals surface area contributed by atoms with E-state index in [1.54, 1.807) is 6.92 Å². The topological polar surface area (TPSA) is 46.6 Å². The van der Waals surface area contributed by atoms with Crippen LogP contribution in [0.15, 0.2) is 12.2 Å². The second-order valence-electron chi connectivity index (χ2n) is 19.3. The molecule has 8 fully saturated rings. The van der Waals surface area contributed by atoms with Gasteiger partial charge in [-0.3, -0.25) is 9.59 Å². The summed E-state index contributed by atoms with van der Waals surface area (Å²) in [5.41, 5.74) is 1.87. The summed E-state index contributed by atoms with van der Waals surface area (Å²) in [5.74, 6) is 3.16. The molecule has 0 aromatic heterocycles. The number of allylic oxidation sites excluding steroid dienone is 1. The van der Waals surface area contributed by atoms with E-state index < -0.39 is 0 Å². The van der Waals surface area contributed by atoms with Gasteiger partial charge in [-0.25, -0.2) is 0 Å².